The third kappa shape index (κ3) is 5.20. The van der Waals surface area contributed by atoms with Gasteiger partial charge in [-0.3, -0.25) is 14.4 Å². The Labute approximate surface area is 176 Å². The zero-order valence-electron chi connectivity index (χ0n) is 17.9. The average Bonchev–Trinajstić information content (AvgIpc) is 3.13. The fraction of sp³-hybridized carbons (Fsp3) is 0.522. The molecule has 1 aliphatic rings. The lowest BCUT2D eigenvalue weighted by Gasteiger charge is -2.19. The molecule has 1 saturated carbocycles. The number of nitrogens with zero attached hydrogens (tertiary/aromatic N) is 1. The predicted molar refractivity (Wildman–Crippen MR) is 115 cm³/mol. The van der Waals surface area contributed by atoms with Gasteiger partial charge in [-0.1, -0.05) is 25.7 Å². The number of nitrogens with one attached hydrogen (secondary N) is 2. The van der Waals surface area contributed by atoms with Crippen LogP contribution in [0.4, 0.5) is 0 Å². The first-order chi connectivity index (χ1) is 14.4. The quantitative estimate of drug-likeness (QED) is 0.701. The largest absolute Gasteiger partial charge is 0.467 e. The van der Waals surface area contributed by atoms with Gasteiger partial charge in [0.1, 0.15) is 16.9 Å². The number of carbonyl (C=O) groups excluding carboxylic acids is 2. The molecule has 0 spiro atoms. The van der Waals surface area contributed by atoms with E-state index in [0.717, 1.165) is 25.7 Å². The molecular formula is C23H31N3O4. The Morgan fingerprint density at radius 2 is 1.67 bits per heavy atom. The van der Waals surface area contributed by atoms with Gasteiger partial charge in [-0.25, -0.2) is 0 Å². The number of pyridine rings is 1. The summed E-state index contributed by atoms with van der Waals surface area (Å²) in [6.45, 7) is 5.65. The lowest BCUT2D eigenvalue weighted by Crippen LogP contribution is -2.39. The van der Waals surface area contributed by atoms with Crippen LogP contribution in [0.5, 0.6) is 0 Å². The van der Waals surface area contributed by atoms with Gasteiger partial charge in [0, 0.05) is 24.5 Å². The van der Waals surface area contributed by atoms with Crippen molar-refractivity contribution in [1.29, 1.82) is 0 Å². The van der Waals surface area contributed by atoms with Gasteiger partial charge in [0.05, 0.1) is 12.3 Å². The van der Waals surface area contributed by atoms with E-state index in [1.165, 1.54) is 25.3 Å². The maximum absolute atomic E-state index is 13.0. The first-order valence-electron chi connectivity index (χ1n) is 10.8. The third-order valence-corrected chi connectivity index (χ3v) is 5.64. The number of rotatable bonds is 6. The molecule has 0 unspecified atom stereocenters. The normalized spacial score (nSPS) is 16.1. The topological polar surface area (TPSA) is 93.3 Å². The summed E-state index contributed by atoms with van der Waals surface area (Å²) >= 11 is 0. The molecule has 2 N–H and O–H groups in total. The Kier molecular flexibility index (Phi) is 7.13. The zero-order chi connectivity index (χ0) is 21.7. The Morgan fingerprint density at radius 1 is 1.03 bits per heavy atom. The molecule has 3 rings (SSSR count). The molecule has 0 aliphatic heterocycles. The minimum atomic E-state index is -0.554. The SMILES string of the molecule is CC(C)n1cc(C(=O)NC2CCCCCC2)c(=O)c(C(=O)N[C@@H](C)c2ccco2)c1. The van der Waals surface area contributed by atoms with Crippen LogP contribution < -0.4 is 16.1 Å². The van der Waals surface area contributed by atoms with Gasteiger partial charge in [-0.2, -0.15) is 0 Å². The Morgan fingerprint density at radius 3 is 2.23 bits per heavy atom. The van der Waals surface area contributed by atoms with Crippen molar-refractivity contribution in [1.82, 2.24) is 15.2 Å². The van der Waals surface area contributed by atoms with Crippen molar-refractivity contribution in [2.24, 2.45) is 0 Å². The lowest BCUT2D eigenvalue weighted by molar-refractivity contribution is 0.0930. The molecule has 7 nitrogen and oxygen atoms in total. The van der Waals surface area contributed by atoms with Gasteiger partial charge < -0.3 is 19.6 Å². The number of hydrogen-bond donors (Lipinski definition) is 2. The summed E-state index contributed by atoms with van der Waals surface area (Å²) in [6, 6.07) is 3.16. The van der Waals surface area contributed by atoms with Crippen molar-refractivity contribution in [3.63, 3.8) is 0 Å². The van der Waals surface area contributed by atoms with Crippen LogP contribution in [0, 0.1) is 0 Å². The molecular weight excluding hydrogens is 382 g/mol. The molecule has 2 heterocycles. The van der Waals surface area contributed by atoms with Gasteiger partial charge in [0.25, 0.3) is 11.8 Å². The maximum Gasteiger partial charge on any atom is 0.257 e. The molecule has 2 aromatic heterocycles. The highest BCUT2D eigenvalue weighted by Crippen LogP contribution is 2.18. The summed E-state index contributed by atoms with van der Waals surface area (Å²) in [4.78, 5) is 38.8. The van der Waals surface area contributed by atoms with Gasteiger partial charge in [-0.05, 0) is 45.7 Å². The lowest BCUT2D eigenvalue weighted by atomic mass is 10.1. The highest BCUT2D eigenvalue weighted by Gasteiger charge is 2.23. The summed E-state index contributed by atoms with van der Waals surface area (Å²) in [5.41, 5.74) is -0.593. The number of furan rings is 1. The summed E-state index contributed by atoms with van der Waals surface area (Å²) in [5, 5.41) is 5.80. The van der Waals surface area contributed by atoms with Crippen molar-refractivity contribution in [3.05, 3.63) is 57.9 Å². The Balaban J connectivity index is 1.86. The summed E-state index contributed by atoms with van der Waals surface area (Å²) in [7, 11) is 0. The Hall–Kier alpha value is -2.83. The van der Waals surface area contributed by atoms with Crippen LogP contribution >= 0.6 is 0 Å². The van der Waals surface area contributed by atoms with E-state index in [4.69, 9.17) is 4.42 Å². The monoisotopic (exact) mass is 413 g/mol. The molecule has 2 amide bonds. The second-order valence-corrected chi connectivity index (χ2v) is 8.33. The van der Waals surface area contributed by atoms with Crippen LogP contribution in [0.15, 0.2) is 40.0 Å². The first kappa shape index (κ1) is 21.9. The van der Waals surface area contributed by atoms with Crippen molar-refractivity contribution in [2.45, 2.75) is 77.4 Å². The molecule has 1 aliphatic carbocycles. The summed E-state index contributed by atoms with van der Waals surface area (Å²) in [6.07, 6.45) is 10.9. The third-order valence-electron chi connectivity index (χ3n) is 5.64. The molecule has 2 aromatic rings. The van der Waals surface area contributed by atoms with Crippen molar-refractivity contribution in [3.8, 4) is 0 Å². The molecule has 0 radical (unpaired) electrons. The van der Waals surface area contributed by atoms with Crippen molar-refractivity contribution < 1.29 is 14.0 Å². The smallest absolute Gasteiger partial charge is 0.257 e. The van der Waals surface area contributed by atoms with E-state index >= 15 is 0 Å². The number of aromatic nitrogens is 1. The standard InChI is InChI=1S/C23H31N3O4/c1-15(2)26-13-18(22(28)24-16(3)20-11-8-12-30-20)21(27)19(14-26)23(29)25-17-9-6-4-5-7-10-17/h8,11-17H,4-7,9-10H2,1-3H3,(H,24,28)(H,25,29)/t16-/m0/s1. The minimum Gasteiger partial charge on any atom is -0.467 e. The second kappa shape index (κ2) is 9.78. The van der Waals surface area contributed by atoms with Crippen LogP contribution in [0.3, 0.4) is 0 Å². The van der Waals surface area contributed by atoms with Crippen molar-refractivity contribution in [2.75, 3.05) is 0 Å². The van der Waals surface area contributed by atoms with Gasteiger partial charge in [-0.15, -0.1) is 0 Å². The van der Waals surface area contributed by atoms with Gasteiger partial charge in [0.2, 0.25) is 5.43 Å². The van der Waals surface area contributed by atoms with E-state index in [0.29, 0.717) is 5.76 Å². The molecule has 1 fully saturated rings. The number of hydrogen-bond acceptors (Lipinski definition) is 4. The molecule has 30 heavy (non-hydrogen) atoms. The second-order valence-electron chi connectivity index (χ2n) is 8.33. The molecule has 1 atom stereocenters. The van der Waals surface area contributed by atoms with E-state index in [1.807, 2.05) is 13.8 Å². The zero-order valence-corrected chi connectivity index (χ0v) is 17.9. The average molecular weight is 414 g/mol. The van der Waals surface area contributed by atoms with E-state index < -0.39 is 23.3 Å². The van der Waals surface area contributed by atoms with Crippen molar-refractivity contribution >= 4 is 11.8 Å². The fourth-order valence-electron chi connectivity index (χ4n) is 3.79. The van der Waals surface area contributed by atoms with E-state index in [-0.39, 0.29) is 23.2 Å². The molecule has 0 bridgehead atoms. The van der Waals surface area contributed by atoms with Crippen LogP contribution in [0.1, 0.15) is 97.9 Å². The predicted octanol–water partition coefficient (Wildman–Crippen LogP) is 3.97. The highest BCUT2D eigenvalue weighted by molar-refractivity contribution is 5.99. The van der Waals surface area contributed by atoms with E-state index in [9.17, 15) is 14.4 Å². The van der Waals surface area contributed by atoms with E-state index in [1.54, 1.807) is 29.8 Å². The fourth-order valence-corrected chi connectivity index (χ4v) is 3.79. The molecule has 7 heteroatoms. The number of amides is 2. The Bertz CT molecular complexity index is 922. The summed E-state index contributed by atoms with van der Waals surface area (Å²) in [5.74, 6) is -0.341. The van der Waals surface area contributed by atoms with E-state index in [2.05, 4.69) is 10.6 Å². The molecule has 162 valence electrons. The van der Waals surface area contributed by atoms with Crippen LogP contribution in [-0.4, -0.2) is 22.4 Å². The first-order valence-corrected chi connectivity index (χ1v) is 10.8. The van der Waals surface area contributed by atoms with Gasteiger partial charge in [0.15, 0.2) is 0 Å². The highest BCUT2D eigenvalue weighted by atomic mass is 16.3. The molecule has 0 aromatic carbocycles. The number of carbonyl (C=O) groups is 2. The van der Waals surface area contributed by atoms with Gasteiger partial charge >= 0.3 is 0 Å². The minimum absolute atomic E-state index is 0.00579. The van der Waals surface area contributed by atoms with Crippen LogP contribution in [0.2, 0.25) is 0 Å². The summed E-state index contributed by atoms with van der Waals surface area (Å²) < 4.78 is 7.05. The van der Waals surface area contributed by atoms with Crippen LogP contribution in [-0.2, 0) is 0 Å². The van der Waals surface area contributed by atoms with Crippen LogP contribution in [0.25, 0.3) is 0 Å². The maximum atomic E-state index is 13.0. The molecule has 0 saturated heterocycles.